The fourth-order valence-electron chi connectivity index (χ4n) is 2.83. The molecule has 1 aliphatic heterocycles. The predicted molar refractivity (Wildman–Crippen MR) is 84.6 cm³/mol. The van der Waals surface area contributed by atoms with E-state index in [9.17, 15) is 10.1 Å². The van der Waals surface area contributed by atoms with Crippen molar-refractivity contribution in [2.24, 2.45) is 0 Å². The fourth-order valence-corrected chi connectivity index (χ4v) is 2.83. The summed E-state index contributed by atoms with van der Waals surface area (Å²) in [7, 11) is 0. The first kappa shape index (κ1) is 13.6. The molecule has 3 rings (SSSR count). The molecule has 0 spiro atoms. The topological polar surface area (TPSA) is 55.2 Å². The lowest BCUT2D eigenvalue weighted by molar-refractivity contribution is -0.384. The van der Waals surface area contributed by atoms with Crippen LogP contribution in [0.25, 0.3) is 11.1 Å². The van der Waals surface area contributed by atoms with Gasteiger partial charge >= 0.3 is 0 Å². The van der Waals surface area contributed by atoms with Crippen LogP contribution < -0.4 is 5.32 Å². The smallest absolute Gasteiger partial charge is 0.270 e. The summed E-state index contributed by atoms with van der Waals surface area (Å²) in [5, 5.41) is 14.4. The summed E-state index contributed by atoms with van der Waals surface area (Å²) in [6.07, 6.45) is 0. The first-order valence-electron chi connectivity index (χ1n) is 7.05. The molecule has 1 heterocycles. The molecule has 108 valence electrons. The molecule has 0 aliphatic carbocycles. The molecule has 1 N–H and O–H groups in total. The minimum Gasteiger partial charge on any atom is -0.381 e. The molecule has 1 aliphatic rings. The number of nitrogens with one attached hydrogen (secondary N) is 1. The Kier molecular flexibility index (Phi) is 2.97. The second-order valence-corrected chi connectivity index (χ2v) is 6.16. The Hall–Kier alpha value is -2.36. The maximum absolute atomic E-state index is 10.9. The highest BCUT2D eigenvalue weighted by Crippen LogP contribution is 2.42. The van der Waals surface area contributed by atoms with Gasteiger partial charge < -0.3 is 5.32 Å². The molecule has 0 fully saturated rings. The third kappa shape index (κ3) is 2.17. The summed E-state index contributed by atoms with van der Waals surface area (Å²) in [6, 6.07) is 13.4. The molecule has 0 amide bonds. The number of nitro benzene ring substituents is 1. The highest BCUT2D eigenvalue weighted by Gasteiger charge is 2.36. The van der Waals surface area contributed by atoms with Crippen LogP contribution in [0.4, 0.5) is 11.4 Å². The lowest BCUT2D eigenvalue weighted by atomic mass is 9.80. The molecule has 0 saturated carbocycles. The number of hydrogen-bond acceptors (Lipinski definition) is 3. The Balaban J connectivity index is 2.08. The Bertz CT molecular complexity index is 722. The van der Waals surface area contributed by atoms with E-state index >= 15 is 0 Å². The van der Waals surface area contributed by atoms with Crippen LogP contribution in [-0.4, -0.2) is 11.0 Å². The Morgan fingerprint density at radius 2 is 1.86 bits per heavy atom. The van der Waals surface area contributed by atoms with Crippen LogP contribution in [0.1, 0.15) is 26.3 Å². The van der Waals surface area contributed by atoms with Crippen molar-refractivity contribution in [2.45, 2.75) is 32.2 Å². The Morgan fingerprint density at radius 1 is 1.14 bits per heavy atom. The number of fused-ring (bicyclic) bond motifs is 1. The van der Waals surface area contributed by atoms with Gasteiger partial charge in [0.25, 0.3) is 5.69 Å². The predicted octanol–water partition coefficient (Wildman–Crippen LogP) is 4.35. The van der Waals surface area contributed by atoms with Crippen molar-refractivity contribution in [3.63, 3.8) is 0 Å². The molecule has 1 atom stereocenters. The average molecular weight is 282 g/mol. The van der Waals surface area contributed by atoms with Gasteiger partial charge in [-0.15, -0.1) is 0 Å². The normalized spacial score (nSPS) is 18.9. The number of anilines is 1. The van der Waals surface area contributed by atoms with Crippen molar-refractivity contribution in [1.82, 2.24) is 0 Å². The van der Waals surface area contributed by atoms with E-state index in [1.807, 2.05) is 12.1 Å². The van der Waals surface area contributed by atoms with E-state index in [0.29, 0.717) is 6.04 Å². The highest BCUT2D eigenvalue weighted by molar-refractivity contribution is 5.73. The number of hydrogen-bond donors (Lipinski definition) is 1. The third-order valence-electron chi connectivity index (χ3n) is 4.56. The van der Waals surface area contributed by atoms with E-state index in [0.717, 1.165) is 16.8 Å². The minimum absolute atomic E-state index is 0.0477. The molecule has 21 heavy (non-hydrogen) atoms. The van der Waals surface area contributed by atoms with Gasteiger partial charge in [0, 0.05) is 29.3 Å². The molecule has 4 nitrogen and oxygen atoms in total. The monoisotopic (exact) mass is 282 g/mol. The molecule has 2 aromatic carbocycles. The lowest BCUT2D eigenvalue weighted by Crippen LogP contribution is -2.29. The molecule has 0 saturated heterocycles. The average Bonchev–Trinajstić information content (AvgIpc) is 2.69. The van der Waals surface area contributed by atoms with Crippen molar-refractivity contribution >= 4 is 11.4 Å². The molecule has 4 heteroatoms. The molecular weight excluding hydrogens is 264 g/mol. The third-order valence-corrected chi connectivity index (χ3v) is 4.56. The number of benzene rings is 2. The molecule has 0 bridgehead atoms. The van der Waals surface area contributed by atoms with Crippen LogP contribution >= 0.6 is 0 Å². The summed E-state index contributed by atoms with van der Waals surface area (Å²) in [5.74, 6) is 0. The fraction of sp³-hybridized carbons (Fsp3) is 0.294. The summed E-state index contributed by atoms with van der Waals surface area (Å²) < 4.78 is 0. The zero-order valence-corrected chi connectivity index (χ0v) is 12.4. The van der Waals surface area contributed by atoms with Gasteiger partial charge in [-0.25, -0.2) is 0 Å². The van der Waals surface area contributed by atoms with Crippen LogP contribution in [0.5, 0.6) is 0 Å². The van der Waals surface area contributed by atoms with Crippen molar-refractivity contribution in [3.8, 4) is 11.1 Å². The van der Waals surface area contributed by atoms with Crippen molar-refractivity contribution in [2.75, 3.05) is 5.32 Å². The lowest BCUT2D eigenvalue weighted by Gasteiger charge is -2.24. The zero-order valence-electron chi connectivity index (χ0n) is 12.4. The summed E-state index contributed by atoms with van der Waals surface area (Å²) in [6.45, 7) is 6.61. The van der Waals surface area contributed by atoms with E-state index in [1.165, 1.54) is 11.6 Å². The first-order valence-corrected chi connectivity index (χ1v) is 7.05. The zero-order chi connectivity index (χ0) is 15.2. The quantitative estimate of drug-likeness (QED) is 0.658. The molecule has 0 aromatic heterocycles. The van der Waals surface area contributed by atoms with Gasteiger partial charge in [-0.1, -0.05) is 32.0 Å². The molecule has 0 radical (unpaired) electrons. The van der Waals surface area contributed by atoms with Gasteiger partial charge in [-0.2, -0.15) is 0 Å². The van der Waals surface area contributed by atoms with E-state index in [4.69, 9.17) is 0 Å². The van der Waals surface area contributed by atoms with Gasteiger partial charge in [0.1, 0.15) is 0 Å². The van der Waals surface area contributed by atoms with Gasteiger partial charge in [0.05, 0.1) is 4.92 Å². The Labute approximate surface area is 124 Å². The van der Waals surface area contributed by atoms with Gasteiger partial charge in [-0.05, 0) is 35.7 Å². The number of rotatable bonds is 2. The SMILES string of the molecule is C[C@@H]1Nc2ccc(-c3cccc([N+](=O)[O-])c3)cc2C1(C)C. The summed E-state index contributed by atoms with van der Waals surface area (Å²) in [4.78, 5) is 10.6. The van der Waals surface area contributed by atoms with E-state index < -0.39 is 0 Å². The Morgan fingerprint density at radius 3 is 2.57 bits per heavy atom. The number of non-ortho nitro benzene ring substituents is 1. The van der Waals surface area contributed by atoms with E-state index in [-0.39, 0.29) is 16.0 Å². The van der Waals surface area contributed by atoms with Crippen LogP contribution in [0, 0.1) is 10.1 Å². The van der Waals surface area contributed by atoms with Crippen LogP contribution in [0.15, 0.2) is 42.5 Å². The number of nitrogens with zero attached hydrogens (tertiary/aromatic N) is 1. The standard InChI is InChI=1S/C17H18N2O2/c1-11-17(2,3)15-10-13(7-8-16(15)18-11)12-5-4-6-14(9-12)19(20)21/h4-11,18H,1-3H3/t11-/m0/s1. The summed E-state index contributed by atoms with van der Waals surface area (Å²) in [5.41, 5.74) is 4.48. The number of nitro groups is 1. The maximum atomic E-state index is 10.9. The molecular formula is C17H18N2O2. The first-order chi connectivity index (χ1) is 9.89. The largest absolute Gasteiger partial charge is 0.381 e. The van der Waals surface area contributed by atoms with Crippen LogP contribution in [0.2, 0.25) is 0 Å². The second kappa shape index (κ2) is 4.58. The van der Waals surface area contributed by atoms with E-state index in [1.54, 1.807) is 12.1 Å². The minimum atomic E-state index is -0.357. The second-order valence-electron chi connectivity index (χ2n) is 6.16. The maximum Gasteiger partial charge on any atom is 0.270 e. The van der Waals surface area contributed by atoms with Crippen molar-refractivity contribution < 1.29 is 4.92 Å². The van der Waals surface area contributed by atoms with Crippen LogP contribution in [-0.2, 0) is 5.41 Å². The summed E-state index contributed by atoms with van der Waals surface area (Å²) >= 11 is 0. The molecule has 0 unspecified atom stereocenters. The van der Waals surface area contributed by atoms with Gasteiger partial charge in [-0.3, -0.25) is 10.1 Å². The van der Waals surface area contributed by atoms with Crippen LogP contribution in [0.3, 0.4) is 0 Å². The van der Waals surface area contributed by atoms with Gasteiger partial charge in [0.2, 0.25) is 0 Å². The van der Waals surface area contributed by atoms with Gasteiger partial charge in [0.15, 0.2) is 0 Å². The van der Waals surface area contributed by atoms with Crippen molar-refractivity contribution in [3.05, 3.63) is 58.1 Å². The van der Waals surface area contributed by atoms with E-state index in [2.05, 4.69) is 38.2 Å². The molecule has 2 aromatic rings. The van der Waals surface area contributed by atoms with Crippen molar-refractivity contribution in [1.29, 1.82) is 0 Å². The highest BCUT2D eigenvalue weighted by atomic mass is 16.6.